The highest BCUT2D eigenvalue weighted by Gasteiger charge is 2.34. The Morgan fingerprint density at radius 3 is 2.57 bits per heavy atom. The van der Waals surface area contributed by atoms with Gasteiger partial charge in [0.05, 0.1) is 18.3 Å². The van der Waals surface area contributed by atoms with E-state index in [1.807, 2.05) is 0 Å². The van der Waals surface area contributed by atoms with Crippen LogP contribution in [0, 0.1) is 0 Å². The molecule has 1 aliphatic rings. The zero-order valence-electron chi connectivity index (χ0n) is 11.7. The van der Waals surface area contributed by atoms with Crippen LogP contribution < -0.4 is 0 Å². The van der Waals surface area contributed by atoms with Crippen molar-refractivity contribution in [1.82, 2.24) is 4.90 Å². The first-order valence-corrected chi connectivity index (χ1v) is 6.86. The van der Waals surface area contributed by atoms with Gasteiger partial charge >= 0.3 is 5.97 Å². The van der Waals surface area contributed by atoms with Crippen LogP contribution in [0.25, 0.3) is 6.08 Å². The van der Waals surface area contributed by atoms with Crippen LogP contribution in [0.3, 0.4) is 0 Å². The predicted molar refractivity (Wildman–Crippen MR) is 81.9 cm³/mol. The molecule has 0 aliphatic carbocycles. The smallest absolute Gasteiger partial charge is 0.340 e. The number of benzene rings is 1. The molecule has 2 rings (SSSR count). The lowest BCUT2D eigenvalue weighted by Crippen LogP contribution is -2.19. The third-order valence-corrected chi connectivity index (χ3v) is 3.88. The number of carbonyl (C=O) groups is 2. The summed E-state index contributed by atoms with van der Waals surface area (Å²) < 4.78 is 4.75. The summed E-state index contributed by atoms with van der Waals surface area (Å²) in [6.45, 7) is 1.69. The van der Waals surface area contributed by atoms with Gasteiger partial charge in [-0.15, -0.1) is 0 Å². The molecule has 0 spiro atoms. The number of hydrogen-bond donors (Lipinski definition) is 0. The van der Waals surface area contributed by atoms with Gasteiger partial charge < -0.3 is 9.64 Å². The first-order chi connectivity index (χ1) is 9.86. The minimum atomic E-state index is -0.554. The summed E-state index contributed by atoms with van der Waals surface area (Å²) in [5.41, 5.74) is 1.65. The van der Waals surface area contributed by atoms with Gasteiger partial charge in [-0.05, 0) is 30.7 Å². The molecular formula is C15H13Cl2NO3. The van der Waals surface area contributed by atoms with Gasteiger partial charge in [-0.3, -0.25) is 4.79 Å². The fourth-order valence-electron chi connectivity index (χ4n) is 2.07. The summed E-state index contributed by atoms with van der Waals surface area (Å²) in [6, 6.07) is 4.93. The molecule has 0 saturated carbocycles. The summed E-state index contributed by atoms with van der Waals surface area (Å²) in [4.78, 5) is 25.6. The van der Waals surface area contributed by atoms with Crippen molar-refractivity contribution in [3.63, 3.8) is 0 Å². The van der Waals surface area contributed by atoms with Crippen LogP contribution in [0.1, 0.15) is 12.5 Å². The van der Waals surface area contributed by atoms with Crippen molar-refractivity contribution in [2.75, 3.05) is 14.2 Å². The van der Waals surface area contributed by atoms with Crippen molar-refractivity contribution in [1.29, 1.82) is 0 Å². The lowest BCUT2D eigenvalue weighted by atomic mass is 10.0. The quantitative estimate of drug-likeness (QED) is 0.619. The number of carbonyl (C=O) groups excluding carboxylic acids is 2. The Labute approximate surface area is 132 Å². The topological polar surface area (TPSA) is 46.6 Å². The van der Waals surface area contributed by atoms with E-state index in [1.54, 1.807) is 38.2 Å². The number of nitrogens with zero attached hydrogens (tertiary/aromatic N) is 1. The first kappa shape index (κ1) is 15.6. The SMILES string of the molecule is COC(=O)C1=C(C)N(C)C(=O)C1=Cc1ccc(Cl)cc1Cl. The number of likely N-dealkylation sites (N-methyl/N-ethyl adjacent to an activating group) is 1. The molecule has 110 valence electrons. The van der Waals surface area contributed by atoms with Crippen LogP contribution in [0.5, 0.6) is 0 Å². The van der Waals surface area contributed by atoms with E-state index in [1.165, 1.54) is 12.0 Å². The third kappa shape index (κ3) is 2.82. The molecule has 0 atom stereocenters. The Morgan fingerprint density at radius 2 is 2.00 bits per heavy atom. The number of methoxy groups -OCH3 is 1. The molecule has 0 N–H and O–H groups in total. The number of ether oxygens (including phenoxy) is 1. The second-order valence-electron chi connectivity index (χ2n) is 4.54. The number of amides is 1. The molecule has 1 heterocycles. The van der Waals surface area contributed by atoms with Crippen LogP contribution in [-0.2, 0) is 14.3 Å². The van der Waals surface area contributed by atoms with Gasteiger partial charge in [0.15, 0.2) is 0 Å². The normalized spacial score (nSPS) is 16.9. The van der Waals surface area contributed by atoms with E-state index in [2.05, 4.69) is 0 Å². The standard InChI is InChI=1S/C15H13Cl2NO3/c1-8-13(15(20)21-3)11(14(19)18(8)2)6-9-4-5-10(16)7-12(9)17/h4-7H,1-3H3. The molecule has 0 radical (unpaired) electrons. The van der Waals surface area contributed by atoms with Crippen molar-refractivity contribution in [2.45, 2.75) is 6.92 Å². The molecule has 0 bridgehead atoms. The van der Waals surface area contributed by atoms with E-state index in [0.29, 0.717) is 21.3 Å². The van der Waals surface area contributed by atoms with Crippen molar-refractivity contribution >= 4 is 41.2 Å². The predicted octanol–water partition coefficient (Wildman–Crippen LogP) is 3.30. The molecular weight excluding hydrogens is 313 g/mol. The fourth-order valence-corrected chi connectivity index (χ4v) is 2.53. The van der Waals surface area contributed by atoms with Gasteiger partial charge in [-0.2, -0.15) is 0 Å². The van der Waals surface area contributed by atoms with Crippen molar-refractivity contribution in [3.05, 3.63) is 50.7 Å². The molecule has 1 amide bonds. The molecule has 6 heteroatoms. The molecule has 1 aromatic carbocycles. The second-order valence-corrected chi connectivity index (χ2v) is 5.38. The highest BCUT2D eigenvalue weighted by atomic mass is 35.5. The minimum Gasteiger partial charge on any atom is -0.465 e. The zero-order valence-corrected chi connectivity index (χ0v) is 13.2. The largest absolute Gasteiger partial charge is 0.465 e. The van der Waals surface area contributed by atoms with Gasteiger partial charge in [0.1, 0.15) is 0 Å². The van der Waals surface area contributed by atoms with Crippen LogP contribution in [0.2, 0.25) is 10.0 Å². The van der Waals surface area contributed by atoms with Gasteiger partial charge in [-0.1, -0.05) is 29.3 Å². The summed E-state index contributed by atoms with van der Waals surface area (Å²) in [6.07, 6.45) is 1.57. The summed E-state index contributed by atoms with van der Waals surface area (Å²) in [5.74, 6) is -0.833. The lowest BCUT2D eigenvalue weighted by Gasteiger charge is -2.08. The van der Waals surface area contributed by atoms with Crippen LogP contribution in [0.4, 0.5) is 0 Å². The Bertz CT molecular complexity index is 692. The van der Waals surface area contributed by atoms with Crippen molar-refractivity contribution < 1.29 is 14.3 Å². The van der Waals surface area contributed by atoms with Crippen LogP contribution in [0.15, 0.2) is 35.0 Å². The van der Waals surface area contributed by atoms with E-state index >= 15 is 0 Å². The number of hydrogen-bond acceptors (Lipinski definition) is 3. The van der Waals surface area contributed by atoms with Crippen LogP contribution in [-0.4, -0.2) is 30.9 Å². The fraction of sp³-hybridized carbons (Fsp3) is 0.200. The molecule has 1 aliphatic heterocycles. The molecule has 0 saturated heterocycles. The second kappa shape index (κ2) is 5.92. The van der Waals surface area contributed by atoms with Gasteiger partial charge in [-0.25, -0.2) is 4.79 Å². The van der Waals surface area contributed by atoms with Gasteiger partial charge in [0.25, 0.3) is 5.91 Å². The van der Waals surface area contributed by atoms with E-state index in [-0.39, 0.29) is 17.1 Å². The summed E-state index contributed by atoms with van der Waals surface area (Å²) in [7, 11) is 2.88. The minimum absolute atomic E-state index is 0.246. The molecule has 0 unspecified atom stereocenters. The average molecular weight is 326 g/mol. The number of rotatable bonds is 2. The van der Waals surface area contributed by atoms with Gasteiger partial charge in [0.2, 0.25) is 0 Å². The maximum Gasteiger partial charge on any atom is 0.340 e. The van der Waals surface area contributed by atoms with Crippen molar-refractivity contribution in [2.24, 2.45) is 0 Å². The third-order valence-electron chi connectivity index (χ3n) is 3.32. The maximum atomic E-state index is 12.3. The zero-order chi connectivity index (χ0) is 15.7. The number of allylic oxidation sites excluding steroid dienone is 1. The molecule has 4 nitrogen and oxygen atoms in total. The molecule has 1 aromatic rings. The molecule has 21 heavy (non-hydrogen) atoms. The van der Waals surface area contributed by atoms with Crippen LogP contribution >= 0.6 is 23.2 Å². The van der Waals surface area contributed by atoms with Crippen molar-refractivity contribution in [3.8, 4) is 0 Å². The van der Waals surface area contributed by atoms with E-state index in [4.69, 9.17) is 27.9 Å². The Morgan fingerprint density at radius 1 is 1.33 bits per heavy atom. The monoisotopic (exact) mass is 325 g/mol. The lowest BCUT2D eigenvalue weighted by molar-refractivity contribution is -0.136. The number of halogens is 2. The van der Waals surface area contributed by atoms with E-state index in [9.17, 15) is 9.59 Å². The highest BCUT2D eigenvalue weighted by Crippen LogP contribution is 2.32. The summed E-state index contributed by atoms with van der Waals surface area (Å²) in [5, 5.41) is 0.899. The molecule has 0 fully saturated rings. The Hall–Kier alpha value is -1.78. The molecule has 0 aromatic heterocycles. The Kier molecular flexibility index (Phi) is 4.40. The number of esters is 1. The average Bonchev–Trinajstić information content (AvgIpc) is 2.66. The first-order valence-electron chi connectivity index (χ1n) is 6.11. The van der Waals surface area contributed by atoms with E-state index < -0.39 is 5.97 Å². The maximum absolute atomic E-state index is 12.3. The highest BCUT2D eigenvalue weighted by molar-refractivity contribution is 6.35. The Balaban J connectivity index is 2.57. The summed E-state index contributed by atoms with van der Waals surface area (Å²) >= 11 is 11.9. The van der Waals surface area contributed by atoms with E-state index in [0.717, 1.165) is 0 Å². The van der Waals surface area contributed by atoms with Gasteiger partial charge in [0, 0.05) is 22.8 Å².